The summed E-state index contributed by atoms with van der Waals surface area (Å²) >= 11 is 0. The number of amides is 2. The third-order valence-corrected chi connectivity index (χ3v) is 5.58. The predicted octanol–water partition coefficient (Wildman–Crippen LogP) is 2.06. The zero-order valence-corrected chi connectivity index (χ0v) is 15.0. The van der Waals surface area contributed by atoms with Crippen molar-refractivity contribution in [3.05, 3.63) is 11.8 Å². The monoisotopic (exact) mass is 335 g/mol. The van der Waals surface area contributed by atoms with Gasteiger partial charge in [-0.1, -0.05) is 0 Å². The minimum Gasteiger partial charge on any atom is -0.449 e. The van der Waals surface area contributed by atoms with Crippen LogP contribution >= 0.6 is 0 Å². The van der Waals surface area contributed by atoms with Gasteiger partial charge in [-0.25, -0.2) is 4.79 Å². The van der Waals surface area contributed by atoms with E-state index in [0.717, 1.165) is 39.0 Å². The molecule has 2 amide bonds. The number of carbonyl (C=O) groups excluding carboxylic acids is 2. The van der Waals surface area contributed by atoms with Crippen molar-refractivity contribution in [3.63, 3.8) is 0 Å². The topological polar surface area (TPSA) is 53.1 Å². The fourth-order valence-corrected chi connectivity index (χ4v) is 4.26. The van der Waals surface area contributed by atoms with Gasteiger partial charge >= 0.3 is 6.09 Å². The van der Waals surface area contributed by atoms with Gasteiger partial charge in [-0.15, -0.1) is 0 Å². The Balaban J connectivity index is 1.47. The van der Waals surface area contributed by atoms with Gasteiger partial charge in [0, 0.05) is 50.9 Å². The van der Waals surface area contributed by atoms with E-state index in [2.05, 4.69) is 4.90 Å². The Kier molecular flexibility index (Phi) is 5.13. The van der Waals surface area contributed by atoms with Crippen LogP contribution < -0.4 is 0 Å². The molecule has 0 aromatic heterocycles. The first kappa shape index (κ1) is 17.3. The van der Waals surface area contributed by atoms with Crippen LogP contribution in [0.4, 0.5) is 4.79 Å². The third-order valence-electron chi connectivity index (χ3n) is 5.58. The Labute approximate surface area is 144 Å². The van der Waals surface area contributed by atoms with Gasteiger partial charge in [0.2, 0.25) is 5.91 Å². The average Bonchev–Trinajstić information content (AvgIpc) is 3.12. The molecule has 2 bridgehead atoms. The van der Waals surface area contributed by atoms with Crippen molar-refractivity contribution >= 4 is 12.0 Å². The number of rotatable bonds is 6. The summed E-state index contributed by atoms with van der Waals surface area (Å²) in [6.45, 7) is 9.92. The first-order chi connectivity index (χ1) is 11.6. The van der Waals surface area contributed by atoms with Crippen LogP contribution in [0.2, 0.25) is 0 Å². The second kappa shape index (κ2) is 7.13. The molecule has 0 N–H and O–H groups in total. The van der Waals surface area contributed by atoms with E-state index in [0.29, 0.717) is 25.0 Å². The van der Waals surface area contributed by atoms with Gasteiger partial charge in [-0.3, -0.25) is 14.6 Å². The highest BCUT2D eigenvalue weighted by atomic mass is 16.6. The van der Waals surface area contributed by atoms with E-state index in [9.17, 15) is 9.59 Å². The predicted molar refractivity (Wildman–Crippen MR) is 91.4 cm³/mol. The number of nitrogens with zero attached hydrogens (tertiary/aromatic N) is 3. The molecule has 6 nitrogen and oxygen atoms in total. The molecule has 3 rings (SSSR count). The smallest absolute Gasteiger partial charge is 0.414 e. The number of carbonyl (C=O) groups is 2. The van der Waals surface area contributed by atoms with E-state index in [1.165, 1.54) is 5.57 Å². The molecule has 2 fully saturated rings. The van der Waals surface area contributed by atoms with Crippen LogP contribution in [-0.4, -0.2) is 71.6 Å². The maximum Gasteiger partial charge on any atom is 0.414 e. The van der Waals surface area contributed by atoms with Gasteiger partial charge in [0.25, 0.3) is 0 Å². The normalized spacial score (nSPS) is 26.3. The Bertz CT molecular complexity index is 524. The van der Waals surface area contributed by atoms with Crippen LogP contribution in [0.3, 0.4) is 0 Å². The highest BCUT2D eigenvalue weighted by Crippen LogP contribution is 2.41. The molecule has 2 unspecified atom stereocenters. The summed E-state index contributed by atoms with van der Waals surface area (Å²) in [6, 6.07) is 0.723. The largest absolute Gasteiger partial charge is 0.449 e. The van der Waals surface area contributed by atoms with Crippen LogP contribution in [-0.2, 0) is 9.53 Å². The second-order valence-electron chi connectivity index (χ2n) is 7.01. The van der Waals surface area contributed by atoms with Gasteiger partial charge in [0.05, 0.1) is 6.61 Å². The minimum atomic E-state index is -0.220. The summed E-state index contributed by atoms with van der Waals surface area (Å²) in [4.78, 5) is 30.2. The Morgan fingerprint density at radius 3 is 2.50 bits per heavy atom. The Hall–Kier alpha value is -1.56. The van der Waals surface area contributed by atoms with Crippen molar-refractivity contribution in [2.45, 2.75) is 52.1 Å². The average molecular weight is 335 g/mol. The van der Waals surface area contributed by atoms with E-state index in [1.54, 1.807) is 4.90 Å². The maximum atomic E-state index is 12.2. The molecule has 1 saturated carbocycles. The van der Waals surface area contributed by atoms with Crippen molar-refractivity contribution in [2.24, 2.45) is 5.92 Å². The van der Waals surface area contributed by atoms with Gasteiger partial charge in [0.15, 0.2) is 0 Å². The molecule has 2 atom stereocenters. The quantitative estimate of drug-likeness (QED) is 0.746. The Morgan fingerprint density at radius 1 is 1.25 bits per heavy atom. The lowest BCUT2D eigenvalue weighted by molar-refractivity contribution is -0.133. The maximum absolute atomic E-state index is 12.2. The summed E-state index contributed by atoms with van der Waals surface area (Å²) in [6.07, 6.45) is 4.42. The van der Waals surface area contributed by atoms with Crippen LogP contribution in [0.15, 0.2) is 11.8 Å². The van der Waals surface area contributed by atoms with Gasteiger partial charge < -0.3 is 9.64 Å². The number of ether oxygens (including phenoxy) is 1. The number of hydrogen-bond acceptors (Lipinski definition) is 4. The molecule has 3 aliphatic rings. The van der Waals surface area contributed by atoms with E-state index in [4.69, 9.17) is 4.74 Å². The van der Waals surface area contributed by atoms with Crippen LogP contribution in [0.5, 0.6) is 0 Å². The number of fused-ring (bicyclic) bond motifs is 2. The molecule has 134 valence electrons. The highest BCUT2D eigenvalue weighted by Gasteiger charge is 2.46. The Morgan fingerprint density at radius 2 is 1.96 bits per heavy atom. The lowest BCUT2D eigenvalue weighted by atomic mass is 9.92. The van der Waals surface area contributed by atoms with E-state index in [1.807, 2.05) is 31.9 Å². The molecule has 0 aromatic rings. The first-order valence-corrected chi connectivity index (χ1v) is 9.24. The van der Waals surface area contributed by atoms with E-state index >= 15 is 0 Å². The molecule has 0 spiro atoms. The van der Waals surface area contributed by atoms with Gasteiger partial charge in [-0.05, 0) is 45.1 Å². The van der Waals surface area contributed by atoms with Crippen LogP contribution in [0, 0.1) is 5.92 Å². The fraction of sp³-hybridized carbons (Fsp3) is 0.778. The SMILES string of the molecule is CCOC(=O)N1C=C2CC1CC2N1CC(CC(=O)N(CC)CC)C1. The molecule has 2 aliphatic heterocycles. The summed E-state index contributed by atoms with van der Waals surface area (Å²) in [5, 5.41) is 0. The molecule has 24 heavy (non-hydrogen) atoms. The summed E-state index contributed by atoms with van der Waals surface area (Å²) in [5.74, 6) is 0.768. The van der Waals surface area contributed by atoms with Crippen molar-refractivity contribution in [3.8, 4) is 0 Å². The van der Waals surface area contributed by atoms with Crippen molar-refractivity contribution in [2.75, 3.05) is 32.8 Å². The summed E-state index contributed by atoms with van der Waals surface area (Å²) in [5.41, 5.74) is 1.35. The third kappa shape index (κ3) is 3.16. The lowest BCUT2D eigenvalue weighted by Crippen LogP contribution is -2.54. The van der Waals surface area contributed by atoms with Crippen molar-refractivity contribution in [1.82, 2.24) is 14.7 Å². The molecular formula is C18H29N3O3. The van der Waals surface area contributed by atoms with Gasteiger partial charge in [-0.2, -0.15) is 0 Å². The van der Waals surface area contributed by atoms with E-state index < -0.39 is 0 Å². The van der Waals surface area contributed by atoms with E-state index in [-0.39, 0.29) is 18.0 Å². The molecular weight excluding hydrogens is 306 g/mol. The number of hydrogen-bond donors (Lipinski definition) is 0. The minimum absolute atomic E-state index is 0.220. The number of likely N-dealkylation sites (tertiary alicyclic amines) is 1. The fourth-order valence-electron chi connectivity index (χ4n) is 4.26. The van der Waals surface area contributed by atoms with Crippen molar-refractivity contribution < 1.29 is 14.3 Å². The van der Waals surface area contributed by atoms with Gasteiger partial charge in [0.1, 0.15) is 0 Å². The first-order valence-electron chi connectivity index (χ1n) is 9.24. The lowest BCUT2D eigenvalue weighted by Gasteiger charge is -2.45. The standard InChI is InChI=1S/C18H29N3O3/c1-4-19(5-2)17(22)7-13-10-20(11-13)16-9-15-8-14(16)12-21(15)18(23)24-6-3/h12-13,15-16H,4-11H2,1-3H3. The zero-order valence-electron chi connectivity index (χ0n) is 15.0. The summed E-state index contributed by atoms with van der Waals surface area (Å²) in [7, 11) is 0. The molecule has 0 radical (unpaired) electrons. The molecule has 2 heterocycles. The molecule has 6 heteroatoms. The summed E-state index contributed by atoms with van der Waals surface area (Å²) < 4.78 is 5.11. The zero-order chi connectivity index (χ0) is 17.3. The van der Waals surface area contributed by atoms with Crippen molar-refractivity contribution in [1.29, 1.82) is 0 Å². The molecule has 1 saturated heterocycles. The highest BCUT2D eigenvalue weighted by molar-refractivity contribution is 5.76. The molecule has 0 aromatic carbocycles. The van der Waals surface area contributed by atoms with Crippen LogP contribution in [0.1, 0.15) is 40.0 Å². The molecule has 1 aliphatic carbocycles. The van der Waals surface area contributed by atoms with Crippen LogP contribution in [0.25, 0.3) is 0 Å². The second-order valence-corrected chi connectivity index (χ2v) is 7.01.